The zero-order valence-electron chi connectivity index (χ0n) is 12.8. The van der Waals surface area contributed by atoms with Gasteiger partial charge in [0.2, 0.25) is 5.95 Å². The van der Waals surface area contributed by atoms with Gasteiger partial charge in [-0.05, 0) is 42.3 Å². The summed E-state index contributed by atoms with van der Waals surface area (Å²) in [5.41, 5.74) is 2.38. The summed E-state index contributed by atoms with van der Waals surface area (Å²) < 4.78 is 12.9. The van der Waals surface area contributed by atoms with Crippen LogP contribution in [0.3, 0.4) is 0 Å². The molecule has 2 aromatic carbocycles. The van der Waals surface area contributed by atoms with Crippen molar-refractivity contribution >= 4 is 23.2 Å². The van der Waals surface area contributed by atoms with Crippen LogP contribution in [0.4, 0.5) is 16.0 Å². The van der Waals surface area contributed by atoms with Crippen LogP contribution < -0.4 is 10.9 Å². The minimum Gasteiger partial charge on any atom is -0.324 e. The lowest BCUT2D eigenvalue weighted by Crippen LogP contribution is -2.19. The quantitative estimate of drug-likeness (QED) is 0.758. The number of nitrogens with zero attached hydrogens (tertiary/aromatic N) is 2. The van der Waals surface area contributed by atoms with Crippen LogP contribution in [-0.2, 0) is 6.42 Å². The second-order valence-electron chi connectivity index (χ2n) is 5.34. The molecule has 0 aliphatic carbocycles. The Hall–Kier alpha value is -2.73. The average molecular weight is 345 g/mol. The molecule has 0 saturated carbocycles. The first-order valence-electron chi connectivity index (χ1n) is 7.25. The second kappa shape index (κ2) is 6.80. The number of benzene rings is 2. The van der Waals surface area contributed by atoms with Crippen LogP contribution in [0.1, 0.15) is 16.8 Å². The Morgan fingerprint density at radius 3 is 2.62 bits per heavy atom. The van der Waals surface area contributed by atoms with E-state index < -0.39 is 0 Å². The maximum atomic E-state index is 12.9. The minimum atomic E-state index is -0.350. The van der Waals surface area contributed by atoms with E-state index in [9.17, 15) is 9.18 Å². The van der Waals surface area contributed by atoms with E-state index in [1.165, 1.54) is 12.1 Å². The highest BCUT2D eigenvalue weighted by molar-refractivity contribution is 6.30. The second-order valence-corrected chi connectivity index (χ2v) is 5.77. The molecule has 0 spiro atoms. The topological polar surface area (TPSA) is 70.7 Å². The predicted octanol–water partition coefficient (Wildman–Crippen LogP) is 3.60. The summed E-state index contributed by atoms with van der Waals surface area (Å²) in [7, 11) is 0. The van der Waals surface area contributed by atoms with Crippen molar-refractivity contribution in [1.82, 2.24) is 15.2 Å². The summed E-state index contributed by atoms with van der Waals surface area (Å²) in [6.07, 6.45) is 0.277. The molecular formula is C17H14ClFN4O. The Morgan fingerprint density at radius 1 is 1.17 bits per heavy atom. The third kappa shape index (κ3) is 3.78. The first-order valence-corrected chi connectivity index (χ1v) is 7.62. The molecule has 122 valence electrons. The number of rotatable bonds is 4. The van der Waals surface area contributed by atoms with Gasteiger partial charge >= 0.3 is 0 Å². The molecule has 7 heteroatoms. The van der Waals surface area contributed by atoms with Gasteiger partial charge in [0.1, 0.15) is 11.5 Å². The number of nitrogens with one attached hydrogen (secondary N) is 2. The Bertz CT molecular complexity index is 925. The van der Waals surface area contributed by atoms with Gasteiger partial charge in [-0.25, -0.2) is 4.39 Å². The van der Waals surface area contributed by atoms with Crippen molar-refractivity contribution in [3.8, 4) is 0 Å². The fourth-order valence-corrected chi connectivity index (χ4v) is 2.36. The molecule has 0 radical (unpaired) electrons. The number of aromatic nitrogens is 3. The minimum absolute atomic E-state index is 0.230. The summed E-state index contributed by atoms with van der Waals surface area (Å²) >= 11 is 5.97. The van der Waals surface area contributed by atoms with E-state index in [0.717, 1.165) is 16.8 Å². The molecule has 0 saturated heterocycles. The molecule has 0 atom stereocenters. The van der Waals surface area contributed by atoms with Crippen molar-refractivity contribution in [3.05, 3.63) is 80.5 Å². The number of aryl methyl sites for hydroxylation is 1. The summed E-state index contributed by atoms with van der Waals surface area (Å²) in [6, 6.07) is 11.3. The van der Waals surface area contributed by atoms with Crippen LogP contribution in [-0.4, -0.2) is 15.2 Å². The molecule has 24 heavy (non-hydrogen) atoms. The zero-order valence-corrected chi connectivity index (χ0v) is 13.6. The summed E-state index contributed by atoms with van der Waals surface area (Å²) in [6.45, 7) is 1.91. The van der Waals surface area contributed by atoms with Gasteiger partial charge in [-0.15, -0.1) is 10.2 Å². The zero-order chi connectivity index (χ0) is 17.1. The van der Waals surface area contributed by atoms with Crippen molar-refractivity contribution in [3.63, 3.8) is 0 Å². The van der Waals surface area contributed by atoms with E-state index in [4.69, 9.17) is 11.6 Å². The fourth-order valence-electron chi connectivity index (χ4n) is 2.18. The van der Waals surface area contributed by atoms with Gasteiger partial charge in [-0.3, -0.25) is 9.78 Å². The molecular weight excluding hydrogens is 331 g/mol. The lowest BCUT2D eigenvalue weighted by molar-refractivity contribution is 0.627. The number of hydrogen-bond donors (Lipinski definition) is 2. The van der Waals surface area contributed by atoms with Crippen LogP contribution in [0.25, 0.3) is 0 Å². The normalized spacial score (nSPS) is 10.6. The van der Waals surface area contributed by atoms with E-state index in [1.54, 1.807) is 24.3 Å². The summed E-state index contributed by atoms with van der Waals surface area (Å²) in [5.74, 6) is -0.0941. The van der Waals surface area contributed by atoms with Gasteiger partial charge in [-0.2, -0.15) is 0 Å². The third-order valence-corrected chi connectivity index (χ3v) is 3.74. The van der Waals surface area contributed by atoms with Crippen molar-refractivity contribution < 1.29 is 4.39 Å². The Morgan fingerprint density at radius 2 is 1.92 bits per heavy atom. The third-order valence-electron chi connectivity index (χ3n) is 3.50. The maximum Gasteiger partial charge on any atom is 0.274 e. The standard InChI is InChI=1S/C17H14ClFN4O/c1-10-2-5-12(18)9-14(10)20-17-21-16(24)15(22-23-17)8-11-3-6-13(19)7-4-11/h2-7,9H,8H2,1H3,(H2,20,21,23,24). The molecule has 3 rings (SSSR count). The smallest absolute Gasteiger partial charge is 0.274 e. The molecule has 1 heterocycles. The molecule has 2 N–H and O–H groups in total. The molecule has 0 fully saturated rings. The Balaban J connectivity index is 1.80. The van der Waals surface area contributed by atoms with Gasteiger partial charge < -0.3 is 5.32 Å². The highest BCUT2D eigenvalue weighted by Gasteiger charge is 2.08. The van der Waals surface area contributed by atoms with Crippen LogP contribution in [0.5, 0.6) is 0 Å². The van der Waals surface area contributed by atoms with E-state index >= 15 is 0 Å². The molecule has 5 nitrogen and oxygen atoms in total. The molecule has 0 aliphatic rings. The molecule has 0 amide bonds. The lowest BCUT2D eigenvalue weighted by Gasteiger charge is -2.08. The Labute approximate surface area is 142 Å². The van der Waals surface area contributed by atoms with Crippen molar-refractivity contribution in [2.75, 3.05) is 5.32 Å². The van der Waals surface area contributed by atoms with Crippen molar-refractivity contribution in [2.24, 2.45) is 0 Å². The van der Waals surface area contributed by atoms with Crippen LogP contribution in [0, 0.1) is 12.7 Å². The monoisotopic (exact) mass is 344 g/mol. The fraction of sp³-hybridized carbons (Fsp3) is 0.118. The summed E-state index contributed by atoms with van der Waals surface area (Å²) in [5, 5.41) is 11.5. The predicted molar refractivity (Wildman–Crippen MR) is 91.3 cm³/mol. The van der Waals surface area contributed by atoms with Gasteiger partial charge in [0, 0.05) is 17.1 Å². The SMILES string of the molecule is Cc1ccc(Cl)cc1Nc1nnc(Cc2ccc(F)cc2)c(=O)[nH]1. The van der Waals surface area contributed by atoms with Gasteiger partial charge in [0.25, 0.3) is 5.56 Å². The average Bonchev–Trinajstić information content (AvgIpc) is 2.55. The molecule has 3 aromatic rings. The lowest BCUT2D eigenvalue weighted by atomic mass is 10.1. The number of halogens is 2. The van der Waals surface area contributed by atoms with E-state index in [0.29, 0.717) is 5.02 Å². The summed E-state index contributed by atoms with van der Waals surface area (Å²) in [4.78, 5) is 14.8. The first kappa shape index (κ1) is 16.1. The molecule has 0 aliphatic heterocycles. The van der Waals surface area contributed by atoms with Gasteiger partial charge in [0.15, 0.2) is 0 Å². The number of anilines is 2. The van der Waals surface area contributed by atoms with Crippen LogP contribution >= 0.6 is 11.6 Å². The van der Waals surface area contributed by atoms with Crippen molar-refractivity contribution in [1.29, 1.82) is 0 Å². The number of aromatic amines is 1. The highest BCUT2D eigenvalue weighted by Crippen LogP contribution is 2.22. The van der Waals surface area contributed by atoms with Crippen molar-refractivity contribution in [2.45, 2.75) is 13.3 Å². The van der Waals surface area contributed by atoms with Crippen LogP contribution in [0.2, 0.25) is 5.02 Å². The largest absolute Gasteiger partial charge is 0.324 e. The Kier molecular flexibility index (Phi) is 4.57. The number of H-pyrrole nitrogens is 1. The first-order chi connectivity index (χ1) is 11.5. The van der Waals surface area contributed by atoms with Crippen LogP contribution in [0.15, 0.2) is 47.3 Å². The van der Waals surface area contributed by atoms with Gasteiger partial charge in [0.05, 0.1) is 0 Å². The highest BCUT2D eigenvalue weighted by atomic mass is 35.5. The van der Waals surface area contributed by atoms with E-state index in [2.05, 4.69) is 20.5 Å². The van der Waals surface area contributed by atoms with E-state index in [-0.39, 0.29) is 29.4 Å². The maximum absolute atomic E-state index is 12.9. The molecule has 0 unspecified atom stereocenters. The molecule has 1 aromatic heterocycles. The van der Waals surface area contributed by atoms with Gasteiger partial charge in [-0.1, -0.05) is 29.8 Å². The molecule has 0 bridgehead atoms. The van der Waals surface area contributed by atoms with E-state index in [1.807, 2.05) is 13.0 Å². The number of hydrogen-bond acceptors (Lipinski definition) is 4.